The first-order valence-corrected chi connectivity index (χ1v) is 6.61. The minimum atomic E-state index is -0.960. The fourth-order valence-electron chi connectivity index (χ4n) is 1.47. The summed E-state index contributed by atoms with van der Waals surface area (Å²) in [6, 6.07) is 0.138. The van der Waals surface area contributed by atoms with Crippen LogP contribution in [-0.4, -0.2) is 21.1 Å². The van der Waals surface area contributed by atoms with E-state index in [9.17, 15) is 19.7 Å². The van der Waals surface area contributed by atoms with Crippen LogP contribution in [0.2, 0.25) is 0 Å². The summed E-state index contributed by atoms with van der Waals surface area (Å²) in [5, 5.41) is 10.8. The number of esters is 1. The highest BCUT2D eigenvalue weighted by Crippen LogP contribution is 2.19. The number of carbonyl (C=O) groups excluding carboxylic acids is 1. The second-order valence-corrected chi connectivity index (χ2v) is 6.14. The maximum absolute atomic E-state index is 12.0. The van der Waals surface area contributed by atoms with Gasteiger partial charge in [0.05, 0.1) is 4.92 Å². The fraction of sp³-hybridized carbons (Fsp3) is 0.500. The van der Waals surface area contributed by atoms with Crippen LogP contribution in [0.1, 0.15) is 33.7 Å². The molecular formula is C12H15BrN2O5. The SMILES string of the molecule is CC(C(=O)OC(C)(C)C)n1cc(Br)cc([N+](=O)[O-])c1=O. The number of ether oxygens (including phenoxy) is 1. The van der Waals surface area contributed by atoms with Gasteiger partial charge in [-0.2, -0.15) is 0 Å². The Balaban J connectivity index is 3.23. The highest BCUT2D eigenvalue weighted by Gasteiger charge is 2.26. The normalized spacial score (nSPS) is 12.8. The topological polar surface area (TPSA) is 91.4 Å². The van der Waals surface area contributed by atoms with E-state index in [0.29, 0.717) is 4.47 Å². The smallest absolute Gasteiger partial charge is 0.335 e. The van der Waals surface area contributed by atoms with Crippen molar-refractivity contribution in [3.8, 4) is 0 Å². The monoisotopic (exact) mass is 346 g/mol. The van der Waals surface area contributed by atoms with E-state index in [-0.39, 0.29) is 0 Å². The van der Waals surface area contributed by atoms with E-state index in [4.69, 9.17) is 4.74 Å². The first kappa shape index (κ1) is 16.4. The maximum Gasteiger partial charge on any atom is 0.335 e. The van der Waals surface area contributed by atoms with Crippen LogP contribution in [0.15, 0.2) is 21.5 Å². The zero-order chi connectivity index (χ0) is 15.7. The summed E-state index contributed by atoms with van der Waals surface area (Å²) in [6.07, 6.45) is 1.32. The number of nitro groups is 1. The van der Waals surface area contributed by atoms with Gasteiger partial charge in [0.15, 0.2) is 0 Å². The van der Waals surface area contributed by atoms with E-state index in [0.717, 1.165) is 10.6 Å². The Morgan fingerprint density at radius 1 is 1.50 bits per heavy atom. The van der Waals surface area contributed by atoms with Gasteiger partial charge in [0.1, 0.15) is 11.6 Å². The fourth-order valence-corrected chi connectivity index (χ4v) is 1.91. The minimum absolute atomic E-state index is 0.333. The summed E-state index contributed by atoms with van der Waals surface area (Å²) in [6.45, 7) is 6.54. The summed E-state index contributed by atoms with van der Waals surface area (Å²) in [4.78, 5) is 33.9. The van der Waals surface area contributed by atoms with Crippen LogP contribution >= 0.6 is 15.9 Å². The second-order valence-electron chi connectivity index (χ2n) is 5.22. The number of pyridine rings is 1. The second kappa shape index (κ2) is 5.74. The molecule has 1 rings (SSSR count). The molecule has 0 N–H and O–H groups in total. The molecule has 0 spiro atoms. The summed E-state index contributed by atoms with van der Waals surface area (Å²) < 4.78 is 6.48. The van der Waals surface area contributed by atoms with Crippen molar-refractivity contribution in [1.82, 2.24) is 4.57 Å². The molecule has 0 aliphatic rings. The van der Waals surface area contributed by atoms with Crippen LogP contribution in [0.3, 0.4) is 0 Å². The molecule has 1 atom stereocenters. The molecule has 0 aliphatic carbocycles. The Kier molecular flexibility index (Phi) is 4.69. The van der Waals surface area contributed by atoms with E-state index in [2.05, 4.69) is 15.9 Å². The summed E-state index contributed by atoms with van der Waals surface area (Å²) in [5.74, 6) is -0.632. The van der Waals surface area contributed by atoms with Crippen molar-refractivity contribution >= 4 is 27.6 Å². The quantitative estimate of drug-likeness (QED) is 0.476. The van der Waals surface area contributed by atoms with Gasteiger partial charge in [-0.25, -0.2) is 4.79 Å². The number of halogens is 1. The highest BCUT2D eigenvalue weighted by molar-refractivity contribution is 9.10. The predicted molar refractivity (Wildman–Crippen MR) is 75.6 cm³/mol. The van der Waals surface area contributed by atoms with Gasteiger partial charge in [0, 0.05) is 16.7 Å². The van der Waals surface area contributed by atoms with Crippen LogP contribution in [0.4, 0.5) is 5.69 Å². The molecule has 1 unspecified atom stereocenters. The first-order chi connectivity index (χ1) is 9.03. The molecular weight excluding hydrogens is 332 g/mol. The van der Waals surface area contributed by atoms with Gasteiger partial charge in [-0.3, -0.25) is 19.5 Å². The van der Waals surface area contributed by atoms with Crippen molar-refractivity contribution in [3.63, 3.8) is 0 Å². The molecule has 8 heteroatoms. The van der Waals surface area contributed by atoms with Crippen LogP contribution < -0.4 is 5.56 Å². The molecule has 0 fully saturated rings. The lowest BCUT2D eigenvalue weighted by molar-refractivity contribution is -0.386. The Labute approximate surface area is 123 Å². The molecule has 7 nitrogen and oxygen atoms in total. The molecule has 0 saturated heterocycles. The summed E-state index contributed by atoms with van der Waals surface area (Å²) in [5.41, 5.74) is -2.15. The number of nitrogens with zero attached hydrogens (tertiary/aromatic N) is 2. The molecule has 0 aliphatic heterocycles. The van der Waals surface area contributed by atoms with Gasteiger partial charge >= 0.3 is 17.2 Å². The number of hydrogen-bond donors (Lipinski definition) is 0. The zero-order valence-corrected chi connectivity index (χ0v) is 13.1. The van der Waals surface area contributed by atoms with Gasteiger partial charge in [0.25, 0.3) is 0 Å². The van der Waals surface area contributed by atoms with E-state index in [1.165, 1.54) is 13.1 Å². The molecule has 1 heterocycles. The van der Waals surface area contributed by atoms with Gasteiger partial charge in [-0.05, 0) is 43.6 Å². The number of rotatable bonds is 3. The molecule has 0 amide bonds. The van der Waals surface area contributed by atoms with E-state index < -0.39 is 33.8 Å². The maximum atomic E-state index is 12.0. The van der Waals surface area contributed by atoms with Crippen LogP contribution in [0, 0.1) is 10.1 Å². The molecule has 1 aromatic rings. The standard InChI is InChI=1S/C12H15BrN2O5/c1-7(11(17)20-12(2,3)4)14-6-8(13)5-9(10(14)16)15(18)19/h5-7H,1-4H3. The first-order valence-electron chi connectivity index (χ1n) is 5.82. The van der Waals surface area contributed by atoms with Crippen molar-refractivity contribution in [2.24, 2.45) is 0 Å². The summed E-state index contributed by atoms with van der Waals surface area (Å²) >= 11 is 3.08. The van der Waals surface area contributed by atoms with Gasteiger partial charge in [-0.15, -0.1) is 0 Å². The van der Waals surface area contributed by atoms with Crippen molar-refractivity contribution in [3.05, 3.63) is 37.2 Å². The molecule has 20 heavy (non-hydrogen) atoms. The van der Waals surface area contributed by atoms with Crippen LogP contribution in [0.5, 0.6) is 0 Å². The lowest BCUT2D eigenvalue weighted by Crippen LogP contribution is -2.34. The average Bonchev–Trinajstić information content (AvgIpc) is 2.28. The Bertz CT molecular complexity index is 603. The average molecular weight is 347 g/mol. The number of carbonyl (C=O) groups is 1. The molecule has 0 bridgehead atoms. The van der Waals surface area contributed by atoms with Crippen molar-refractivity contribution < 1.29 is 14.5 Å². The zero-order valence-electron chi connectivity index (χ0n) is 11.5. The van der Waals surface area contributed by atoms with Crippen LogP contribution in [0.25, 0.3) is 0 Å². The molecule has 110 valence electrons. The third kappa shape index (κ3) is 3.89. The van der Waals surface area contributed by atoms with Crippen molar-refractivity contribution in [1.29, 1.82) is 0 Å². The van der Waals surface area contributed by atoms with Gasteiger partial charge in [-0.1, -0.05) is 0 Å². The Hall–Kier alpha value is -1.70. The lowest BCUT2D eigenvalue weighted by atomic mass is 10.2. The third-order valence-corrected chi connectivity index (χ3v) is 2.79. The Morgan fingerprint density at radius 2 is 2.05 bits per heavy atom. The van der Waals surface area contributed by atoms with Crippen molar-refractivity contribution in [2.75, 3.05) is 0 Å². The van der Waals surface area contributed by atoms with E-state index in [1.807, 2.05) is 0 Å². The van der Waals surface area contributed by atoms with E-state index in [1.54, 1.807) is 20.8 Å². The minimum Gasteiger partial charge on any atom is -0.458 e. The molecule has 0 radical (unpaired) electrons. The predicted octanol–water partition coefficient (Wildman–Crippen LogP) is 2.42. The lowest BCUT2D eigenvalue weighted by Gasteiger charge is -2.23. The Morgan fingerprint density at radius 3 is 2.50 bits per heavy atom. The summed E-state index contributed by atoms with van der Waals surface area (Å²) in [7, 11) is 0. The van der Waals surface area contributed by atoms with E-state index >= 15 is 0 Å². The molecule has 1 aromatic heterocycles. The number of hydrogen-bond acceptors (Lipinski definition) is 5. The number of aromatic nitrogens is 1. The third-order valence-electron chi connectivity index (χ3n) is 2.35. The van der Waals surface area contributed by atoms with Gasteiger partial charge in [0.2, 0.25) is 0 Å². The largest absolute Gasteiger partial charge is 0.458 e. The molecule has 0 aromatic carbocycles. The van der Waals surface area contributed by atoms with Gasteiger partial charge < -0.3 is 4.74 Å². The van der Waals surface area contributed by atoms with Crippen LogP contribution in [-0.2, 0) is 9.53 Å². The highest BCUT2D eigenvalue weighted by atomic mass is 79.9. The molecule has 0 saturated carbocycles. The van der Waals surface area contributed by atoms with Crippen molar-refractivity contribution in [2.45, 2.75) is 39.3 Å².